The van der Waals surface area contributed by atoms with Crippen molar-refractivity contribution in [2.45, 2.75) is 37.0 Å². The van der Waals surface area contributed by atoms with E-state index in [0.717, 1.165) is 16.5 Å². The second-order valence-electron chi connectivity index (χ2n) is 7.12. The van der Waals surface area contributed by atoms with Gasteiger partial charge < -0.3 is 19.9 Å². The molecule has 8 heteroatoms. The zero-order valence-corrected chi connectivity index (χ0v) is 17.5. The van der Waals surface area contributed by atoms with Crippen molar-refractivity contribution in [3.8, 4) is 5.75 Å². The van der Waals surface area contributed by atoms with Crippen molar-refractivity contribution in [2.75, 3.05) is 6.61 Å². The number of benzene rings is 2. The van der Waals surface area contributed by atoms with Gasteiger partial charge in [-0.25, -0.2) is 4.79 Å². The summed E-state index contributed by atoms with van der Waals surface area (Å²) >= 11 is 3.46. The molecule has 3 atom stereocenters. The highest BCUT2D eigenvalue weighted by molar-refractivity contribution is 9.09. The lowest BCUT2D eigenvalue weighted by Crippen LogP contribution is -2.36. The van der Waals surface area contributed by atoms with Crippen molar-refractivity contribution >= 4 is 32.9 Å². The largest absolute Gasteiger partial charge is 0.492 e. The Balaban J connectivity index is 1.46. The molecule has 0 bridgehead atoms. The Kier molecular flexibility index (Phi) is 5.73. The summed E-state index contributed by atoms with van der Waals surface area (Å²) in [4.78, 5) is 11.9. The molecule has 4 rings (SSSR count). The van der Waals surface area contributed by atoms with E-state index in [0.29, 0.717) is 24.5 Å². The zero-order chi connectivity index (χ0) is 20.4. The Morgan fingerprint density at radius 3 is 2.97 bits per heavy atom. The summed E-state index contributed by atoms with van der Waals surface area (Å²) in [5, 5.41) is 18.9. The number of nitrogens with zero attached hydrogens (tertiary/aromatic N) is 2. The third-order valence-corrected chi connectivity index (χ3v) is 5.63. The maximum atomic E-state index is 12.1. The standard InChI is InChI=1S/C21H22BrN3O4/c1-13(24-21(27)29-11-14-5-3-2-4-6-14)10-25-19-15(9-23-25)7-8-17-18(19)20(26)16(22)12-28-17/h2-9,13,16,20,26H,10-12H2,1H3,(H,24,27)/t13?,16-,20?/m0/s1. The predicted molar refractivity (Wildman–Crippen MR) is 112 cm³/mol. The molecule has 0 spiro atoms. The van der Waals surface area contributed by atoms with Crippen LogP contribution in [0.4, 0.5) is 4.79 Å². The lowest BCUT2D eigenvalue weighted by atomic mass is 10.0. The number of carbonyl (C=O) groups excluding carboxylic acids is 1. The van der Waals surface area contributed by atoms with Gasteiger partial charge in [0, 0.05) is 17.0 Å². The van der Waals surface area contributed by atoms with Crippen molar-refractivity contribution in [2.24, 2.45) is 0 Å². The predicted octanol–water partition coefficient (Wildman–Crippen LogP) is 3.54. The van der Waals surface area contributed by atoms with Crippen molar-refractivity contribution < 1.29 is 19.4 Å². The molecule has 0 aliphatic carbocycles. The topological polar surface area (TPSA) is 85.6 Å². The molecule has 0 fully saturated rings. The Morgan fingerprint density at radius 2 is 2.17 bits per heavy atom. The van der Waals surface area contributed by atoms with Gasteiger partial charge in [-0.05, 0) is 24.6 Å². The fourth-order valence-corrected chi connectivity index (χ4v) is 3.85. The number of rotatable bonds is 5. The zero-order valence-electron chi connectivity index (χ0n) is 15.9. The van der Waals surface area contributed by atoms with E-state index in [1.165, 1.54) is 0 Å². The van der Waals surface area contributed by atoms with Crippen LogP contribution in [0.1, 0.15) is 24.2 Å². The summed E-state index contributed by atoms with van der Waals surface area (Å²) < 4.78 is 12.8. The van der Waals surface area contributed by atoms with Gasteiger partial charge in [0.25, 0.3) is 0 Å². The van der Waals surface area contributed by atoms with Crippen LogP contribution in [0, 0.1) is 0 Å². The number of nitrogens with one attached hydrogen (secondary N) is 1. The third-order valence-electron chi connectivity index (χ3n) is 4.86. The Bertz CT molecular complexity index is 1010. The third kappa shape index (κ3) is 4.23. The molecule has 2 N–H and O–H groups in total. The molecule has 7 nitrogen and oxygen atoms in total. The summed E-state index contributed by atoms with van der Waals surface area (Å²) in [6.07, 6.45) is 0.571. The van der Waals surface area contributed by atoms with Crippen molar-refractivity contribution in [1.82, 2.24) is 15.1 Å². The van der Waals surface area contributed by atoms with Crippen LogP contribution in [0.5, 0.6) is 5.75 Å². The number of alkyl halides is 1. The van der Waals surface area contributed by atoms with E-state index < -0.39 is 12.2 Å². The van der Waals surface area contributed by atoms with E-state index in [1.54, 1.807) is 10.9 Å². The first-order valence-corrected chi connectivity index (χ1v) is 10.3. The van der Waals surface area contributed by atoms with Gasteiger partial charge in [-0.2, -0.15) is 5.10 Å². The monoisotopic (exact) mass is 459 g/mol. The van der Waals surface area contributed by atoms with E-state index in [9.17, 15) is 9.90 Å². The smallest absolute Gasteiger partial charge is 0.407 e. The number of hydrogen-bond acceptors (Lipinski definition) is 5. The van der Waals surface area contributed by atoms with Gasteiger partial charge >= 0.3 is 6.09 Å². The fraction of sp³-hybridized carbons (Fsp3) is 0.333. The average Bonchev–Trinajstić information content (AvgIpc) is 3.12. The van der Waals surface area contributed by atoms with Crippen LogP contribution in [-0.2, 0) is 17.9 Å². The summed E-state index contributed by atoms with van der Waals surface area (Å²) in [6.45, 7) is 2.93. The lowest BCUT2D eigenvalue weighted by molar-refractivity contribution is 0.126. The molecule has 1 aliphatic rings. The number of amides is 1. The van der Waals surface area contributed by atoms with E-state index in [-0.39, 0.29) is 17.5 Å². The summed E-state index contributed by atoms with van der Waals surface area (Å²) in [5.41, 5.74) is 2.45. The number of aliphatic hydroxyl groups excluding tert-OH is 1. The molecular formula is C21H22BrN3O4. The number of fused-ring (bicyclic) bond motifs is 3. The molecule has 29 heavy (non-hydrogen) atoms. The van der Waals surface area contributed by atoms with Gasteiger partial charge in [-0.1, -0.05) is 46.3 Å². The molecule has 2 unspecified atom stereocenters. The molecule has 0 saturated carbocycles. The number of alkyl carbamates (subject to hydrolysis) is 1. The van der Waals surface area contributed by atoms with E-state index >= 15 is 0 Å². The van der Waals surface area contributed by atoms with Crippen LogP contribution < -0.4 is 10.1 Å². The highest BCUT2D eigenvalue weighted by Crippen LogP contribution is 2.40. The molecule has 152 valence electrons. The van der Waals surface area contributed by atoms with Crippen LogP contribution in [0.2, 0.25) is 0 Å². The first kappa shape index (κ1) is 19.7. The second kappa shape index (κ2) is 8.42. The number of ether oxygens (including phenoxy) is 2. The Hall–Kier alpha value is -2.58. The first-order chi connectivity index (χ1) is 14.0. The molecule has 2 aromatic carbocycles. The highest BCUT2D eigenvalue weighted by Gasteiger charge is 2.31. The van der Waals surface area contributed by atoms with Crippen LogP contribution >= 0.6 is 15.9 Å². The molecule has 1 aromatic heterocycles. The van der Waals surface area contributed by atoms with E-state index in [2.05, 4.69) is 26.3 Å². The second-order valence-corrected chi connectivity index (χ2v) is 8.30. The minimum Gasteiger partial charge on any atom is -0.492 e. The van der Waals surface area contributed by atoms with Gasteiger partial charge in [-0.15, -0.1) is 0 Å². The summed E-state index contributed by atoms with van der Waals surface area (Å²) in [6, 6.07) is 13.1. The van der Waals surface area contributed by atoms with Crippen LogP contribution in [-0.4, -0.2) is 38.5 Å². The fourth-order valence-electron chi connectivity index (χ4n) is 3.45. The molecule has 0 saturated heterocycles. The van der Waals surface area contributed by atoms with E-state index in [4.69, 9.17) is 9.47 Å². The van der Waals surface area contributed by atoms with Crippen molar-refractivity contribution in [3.05, 3.63) is 59.8 Å². The van der Waals surface area contributed by atoms with Crippen LogP contribution in [0.25, 0.3) is 10.9 Å². The Morgan fingerprint density at radius 1 is 1.38 bits per heavy atom. The molecular weight excluding hydrogens is 438 g/mol. The summed E-state index contributed by atoms with van der Waals surface area (Å²) in [7, 11) is 0. The average molecular weight is 460 g/mol. The first-order valence-electron chi connectivity index (χ1n) is 9.43. The van der Waals surface area contributed by atoms with Crippen molar-refractivity contribution in [1.29, 1.82) is 0 Å². The summed E-state index contributed by atoms with van der Waals surface area (Å²) in [5.74, 6) is 0.658. The van der Waals surface area contributed by atoms with Crippen LogP contribution in [0.3, 0.4) is 0 Å². The number of halogens is 1. The number of aliphatic hydroxyl groups is 1. The number of aromatic nitrogens is 2. The molecule has 0 radical (unpaired) electrons. The number of hydrogen-bond donors (Lipinski definition) is 2. The van der Waals surface area contributed by atoms with Crippen LogP contribution in [0.15, 0.2) is 48.7 Å². The molecule has 2 heterocycles. The maximum Gasteiger partial charge on any atom is 0.407 e. The SMILES string of the molecule is CC(Cn1ncc2ccc3c(c21)C(O)[C@@H](Br)CO3)NC(=O)OCc1ccccc1. The van der Waals surface area contributed by atoms with Gasteiger partial charge in [0.15, 0.2) is 0 Å². The van der Waals surface area contributed by atoms with Crippen molar-refractivity contribution in [3.63, 3.8) is 0 Å². The number of carbonyl (C=O) groups is 1. The molecule has 3 aromatic rings. The quantitative estimate of drug-likeness (QED) is 0.569. The maximum absolute atomic E-state index is 12.1. The molecule has 1 aliphatic heterocycles. The molecule has 1 amide bonds. The van der Waals surface area contributed by atoms with Gasteiger partial charge in [-0.3, -0.25) is 4.68 Å². The Labute approximate surface area is 176 Å². The van der Waals surface area contributed by atoms with Gasteiger partial charge in [0.1, 0.15) is 25.1 Å². The minimum atomic E-state index is -0.697. The normalized spacial score (nSPS) is 19.3. The van der Waals surface area contributed by atoms with Gasteiger partial charge in [0.2, 0.25) is 0 Å². The van der Waals surface area contributed by atoms with E-state index in [1.807, 2.05) is 49.4 Å². The van der Waals surface area contributed by atoms with Gasteiger partial charge in [0.05, 0.1) is 23.1 Å². The highest BCUT2D eigenvalue weighted by atomic mass is 79.9. The minimum absolute atomic E-state index is 0.188. The lowest BCUT2D eigenvalue weighted by Gasteiger charge is -2.28.